The van der Waals surface area contributed by atoms with Gasteiger partial charge in [-0.15, -0.1) is 0 Å². The lowest BCUT2D eigenvalue weighted by Gasteiger charge is -2.24. The van der Waals surface area contributed by atoms with Gasteiger partial charge in [0, 0.05) is 5.56 Å². The van der Waals surface area contributed by atoms with Crippen molar-refractivity contribution in [3.63, 3.8) is 0 Å². The summed E-state index contributed by atoms with van der Waals surface area (Å²) >= 11 is 1.57. The van der Waals surface area contributed by atoms with E-state index < -0.39 is 12.0 Å². The molecule has 1 fully saturated rings. The number of carbonyl (C=O) groups is 2. The van der Waals surface area contributed by atoms with Gasteiger partial charge in [0.2, 0.25) is 0 Å². The minimum atomic E-state index is -1.01. The van der Waals surface area contributed by atoms with Gasteiger partial charge < -0.3 is 10.4 Å². The monoisotopic (exact) mass is 513 g/mol. The summed E-state index contributed by atoms with van der Waals surface area (Å²) in [5.41, 5.74) is 7.31. The maximum atomic E-state index is 13.3. The van der Waals surface area contributed by atoms with E-state index in [0.29, 0.717) is 23.7 Å². The molecule has 3 aromatic rings. The number of carboxylic acid groups (broad SMARTS) is 1. The summed E-state index contributed by atoms with van der Waals surface area (Å²) in [6.45, 7) is 2.03. The van der Waals surface area contributed by atoms with Crippen LogP contribution >= 0.6 is 11.8 Å². The van der Waals surface area contributed by atoms with Gasteiger partial charge in [0.15, 0.2) is 0 Å². The molecular formula is C32H35NO3S. The second-order valence-electron chi connectivity index (χ2n) is 9.75. The molecule has 37 heavy (non-hydrogen) atoms. The zero-order valence-corrected chi connectivity index (χ0v) is 22.4. The Morgan fingerprint density at radius 1 is 1.00 bits per heavy atom. The number of benzene rings is 3. The Kier molecular flexibility index (Phi) is 9.24. The smallest absolute Gasteiger partial charge is 0.326 e. The van der Waals surface area contributed by atoms with Crippen molar-refractivity contribution in [1.29, 1.82) is 0 Å². The highest BCUT2D eigenvalue weighted by molar-refractivity contribution is 7.98. The van der Waals surface area contributed by atoms with Crippen LogP contribution in [0.15, 0.2) is 78.4 Å². The summed E-state index contributed by atoms with van der Waals surface area (Å²) < 4.78 is 0. The van der Waals surface area contributed by atoms with Crippen molar-refractivity contribution >= 4 is 29.7 Å². The van der Waals surface area contributed by atoms with E-state index in [9.17, 15) is 14.7 Å². The lowest BCUT2D eigenvalue weighted by atomic mass is 9.81. The number of carbonyl (C=O) groups excluding carboxylic acids is 1. The lowest BCUT2D eigenvalue weighted by Crippen LogP contribution is -2.41. The van der Waals surface area contributed by atoms with Crippen molar-refractivity contribution in [2.24, 2.45) is 0 Å². The van der Waals surface area contributed by atoms with E-state index in [-0.39, 0.29) is 5.91 Å². The molecule has 192 valence electrons. The summed E-state index contributed by atoms with van der Waals surface area (Å²) in [6, 6.07) is 23.8. The van der Waals surface area contributed by atoms with Gasteiger partial charge >= 0.3 is 5.97 Å². The van der Waals surface area contributed by atoms with E-state index in [4.69, 9.17) is 0 Å². The average Bonchev–Trinajstić information content (AvgIpc) is 2.92. The van der Waals surface area contributed by atoms with E-state index in [1.165, 1.54) is 11.1 Å². The highest BCUT2D eigenvalue weighted by Gasteiger charge is 2.23. The fourth-order valence-electron chi connectivity index (χ4n) is 5.10. The van der Waals surface area contributed by atoms with Crippen LogP contribution in [-0.4, -0.2) is 35.0 Å². The zero-order valence-electron chi connectivity index (χ0n) is 21.6. The molecule has 4 nitrogen and oxygen atoms in total. The second kappa shape index (κ2) is 12.8. The summed E-state index contributed by atoms with van der Waals surface area (Å²) in [5, 5.41) is 12.4. The van der Waals surface area contributed by atoms with Crippen molar-refractivity contribution in [2.75, 3.05) is 12.0 Å². The summed E-state index contributed by atoms with van der Waals surface area (Å²) in [6.07, 6.45) is 9.01. The first-order valence-electron chi connectivity index (χ1n) is 12.9. The third-order valence-corrected chi connectivity index (χ3v) is 7.85. The quantitative estimate of drug-likeness (QED) is 0.314. The van der Waals surface area contributed by atoms with Gasteiger partial charge in [0.25, 0.3) is 5.91 Å². The van der Waals surface area contributed by atoms with E-state index in [0.717, 1.165) is 47.9 Å². The van der Waals surface area contributed by atoms with Gasteiger partial charge in [-0.25, -0.2) is 4.79 Å². The maximum absolute atomic E-state index is 13.3. The second-order valence-corrected chi connectivity index (χ2v) is 10.7. The zero-order chi connectivity index (χ0) is 26.2. The lowest BCUT2D eigenvalue weighted by molar-refractivity contribution is -0.139. The fourth-order valence-corrected chi connectivity index (χ4v) is 5.58. The van der Waals surface area contributed by atoms with Crippen LogP contribution in [0.1, 0.15) is 65.1 Å². The van der Waals surface area contributed by atoms with Gasteiger partial charge in [-0.05, 0) is 96.9 Å². The van der Waals surface area contributed by atoms with Gasteiger partial charge in [-0.1, -0.05) is 72.3 Å². The number of hydrogen-bond acceptors (Lipinski definition) is 3. The molecule has 0 radical (unpaired) electrons. The molecule has 3 aromatic carbocycles. The molecule has 0 bridgehead atoms. The maximum Gasteiger partial charge on any atom is 0.326 e. The normalized spacial score (nSPS) is 16.2. The summed E-state index contributed by atoms with van der Waals surface area (Å²) in [7, 11) is 0. The van der Waals surface area contributed by atoms with Crippen molar-refractivity contribution in [1.82, 2.24) is 5.32 Å². The molecule has 0 aromatic heterocycles. The first-order chi connectivity index (χ1) is 18.0. The average molecular weight is 514 g/mol. The predicted molar refractivity (Wildman–Crippen MR) is 154 cm³/mol. The standard InChI is InChI=1S/C32H35NO3S/c1-22-8-6-7-11-27(22)29-21-24(14-17-28(29)31(34)33-30(32(35)36)18-19-37-2)20-23-12-15-26(16-13-23)25-9-4-3-5-10-25/h3-11,14,17,20-21,26,30H,12-13,15-16,18-19H2,1-2H3,(H,33,34)(H,35,36). The first kappa shape index (κ1) is 26.7. The van der Waals surface area contributed by atoms with Crippen LogP contribution in [0.2, 0.25) is 0 Å². The Hall–Kier alpha value is -3.31. The molecule has 0 heterocycles. The number of thioether (sulfide) groups is 1. The Bertz CT molecular complexity index is 1260. The summed E-state index contributed by atoms with van der Waals surface area (Å²) in [5.74, 6) is -0.0821. The topological polar surface area (TPSA) is 66.4 Å². The molecule has 4 rings (SSSR count). The Morgan fingerprint density at radius 3 is 2.38 bits per heavy atom. The number of aliphatic carboxylic acids is 1. The van der Waals surface area contributed by atoms with E-state index in [1.807, 2.05) is 49.6 Å². The molecule has 1 unspecified atom stereocenters. The van der Waals surface area contributed by atoms with Gasteiger partial charge in [0.05, 0.1) is 0 Å². The first-order valence-corrected chi connectivity index (χ1v) is 14.3. The number of aryl methyl sites for hydroxylation is 1. The van der Waals surface area contributed by atoms with E-state index in [2.05, 4.69) is 47.8 Å². The number of allylic oxidation sites excluding steroid dienone is 1. The Morgan fingerprint density at radius 2 is 1.70 bits per heavy atom. The number of amides is 1. The minimum Gasteiger partial charge on any atom is -0.480 e. The van der Waals surface area contributed by atoms with Crippen LogP contribution in [0, 0.1) is 6.92 Å². The SMILES string of the molecule is CSCCC(NC(=O)c1ccc(C=C2CCC(c3ccccc3)CC2)cc1-c1ccccc1C)C(=O)O. The third kappa shape index (κ3) is 6.92. The molecule has 1 aliphatic carbocycles. The van der Waals surface area contributed by atoms with Gasteiger partial charge in [0.1, 0.15) is 6.04 Å². The number of nitrogens with one attached hydrogen (secondary N) is 1. The predicted octanol–water partition coefficient (Wildman–Crippen LogP) is 7.34. The van der Waals surface area contributed by atoms with Crippen LogP contribution < -0.4 is 5.32 Å². The van der Waals surface area contributed by atoms with Crippen molar-refractivity contribution in [2.45, 2.75) is 51.0 Å². The van der Waals surface area contributed by atoms with Crippen molar-refractivity contribution in [3.8, 4) is 11.1 Å². The largest absolute Gasteiger partial charge is 0.480 e. The fraction of sp³-hybridized carbons (Fsp3) is 0.312. The molecule has 2 N–H and O–H groups in total. The molecular weight excluding hydrogens is 478 g/mol. The van der Waals surface area contributed by atoms with Crippen LogP contribution in [0.3, 0.4) is 0 Å². The van der Waals surface area contributed by atoms with Crippen LogP contribution in [0.4, 0.5) is 0 Å². The van der Waals surface area contributed by atoms with Crippen molar-refractivity contribution < 1.29 is 14.7 Å². The highest BCUT2D eigenvalue weighted by atomic mass is 32.2. The number of rotatable bonds is 9. The van der Waals surface area contributed by atoms with Crippen LogP contribution in [0.25, 0.3) is 17.2 Å². The number of carboxylic acids is 1. The van der Waals surface area contributed by atoms with E-state index >= 15 is 0 Å². The van der Waals surface area contributed by atoms with Gasteiger partial charge in [-0.2, -0.15) is 11.8 Å². The Balaban J connectivity index is 1.59. The molecule has 0 saturated heterocycles. The minimum absolute atomic E-state index is 0.352. The van der Waals surface area contributed by atoms with E-state index in [1.54, 1.807) is 11.8 Å². The molecule has 0 aliphatic heterocycles. The van der Waals surface area contributed by atoms with Crippen LogP contribution in [0.5, 0.6) is 0 Å². The molecule has 1 atom stereocenters. The molecule has 1 saturated carbocycles. The molecule has 1 aliphatic rings. The number of hydrogen-bond donors (Lipinski definition) is 2. The Labute approximate surface area is 224 Å². The third-order valence-electron chi connectivity index (χ3n) is 7.21. The van der Waals surface area contributed by atoms with Crippen LogP contribution in [-0.2, 0) is 4.79 Å². The molecule has 5 heteroatoms. The molecule has 1 amide bonds. The summed E-state index contributed by atoms with van der Waals surface area (Å²) in [4.78, 5) is 25.0. The van der Waals surface area contributed by atoms with Gasteiger partial charge in [-0.3, -0.25) is 4.79 Å². The van der Waals surface area contributed by atoms with Crippen molar-refractivity contribution in [3.05, 3.63) is 101 Å². The highest BCUT2D eigenvalue weighted by Crippen LogP contribution is 2.37. The molecule has 0 spiro atoms.